The molecular weight excluding hydrogens is 1800 g/mol. The number of carboxylic acid groups (broad SMARTS) is 3. The largest absolute Gasteiger partial charge is 0.508 e. The van der Waals surface area contributed by atoms with Crippen LogP contribution in [0.2, 0.25) is 0 Å². The van der Waals surface area contributed by atoms with Gasteiger partial charge in [0.15, 0.2) is 17.5 Å². The lowest BCUT2D eigenvalue weighted by atomic mass is 9.99. The quantitative estimate of drug-likeness (QED) is 0.0169. The first kappa shape index (κ1) is 107. The summed E-state index contributed by atoms with van der Waals surface area (Å²) in [6.45, 7) is 3.09. The molecule has 2 fully saturated rings. The van der Waals surface area contributed by atoms with Crippen molar-refractivity contribution in [3.8, 4) is 5.75 Å². The smallest absolute Gasteiger partial charge is 0.305 e. The number of aliphatic hydroxyl groups is 2. The molecule has 44 heteroatoms. The third-order valence-electron chi connectivity index (χ3n) is 23.3. The third-order valence-corrected chi connectivity index (χ3v) is 24.3. The number of primary amides is 1. The number of carbonyl (C=O) groups is 18. The molecule has 0 aliphatic carbocycles. The number of phenolic OH excluding ortho intramolecular Hbond substituents is 1. The number of aldehydes is 1. The number of aromatic amines is 1. The molecule has 3 heterocycles. The number of aromatic nitrogens is 1. The molecule has 136 heavy (non-hydrogen) atoms. The van der Waals surface area contributed by atoms with Crippen LogP contribution in [0.5, 0.6) is 5.75 Å². The Balaban J connectivity index is 1.03. The number of fused-ring (bicyclic) bond motifs is 1. The molecule has 19 N–H and O–H groups in total. The van der Waals surface area contributed by atoms with E-state index in [9.17, 15) is 97.4 Å². The molecule has 0 unspecified atom stereocenters. The Bertz CT molecular complexity index is 5270. The number of carboxylic acids is 3. The summed E-state index contributed by atoms with van der Waals surface area (Å²) in [5.41, 5.74) is 13.4. The van der Waals surface area contributed by atoms with E-state index in [1.807, 2.05) is 0 Å². The Hall–Kier alpha value is -13.9. The number of amides is 14. The number of nitrogens with one attached hydrogen (secondary N) is 9. The van der Waals surface area contributed by atoms with Crippen LogP contribution in [0.3, 0.4) is 0 Å². The van der Waals surface area contributed by atoms with Gasteiger partial charge in [-0.25, -0.2) is 13.2 Å². The summed E-state index contributed by atoms with van der Waals surface area (Å²) in [6.07, 6.45) is -6.39. The highest BCUT2D eigenvalue weighted by Crippen LogP contribution is 2.29. The maximum Gasteiger partial charge on any atom is 0.305 e. The number of nitrogens with two attached hydrogens (primary N) is 2. The Morgan fingerprint density at radius 1 is 0.537 bits per heavy atom. The third kappa shape index (κ3) is 30.8. The molecule has 6 aromatic rings. The van der Waals surface area contributed by atoms with Gasteiger partial charge in [-0.15, -0.1) is 11.8 Å². The van der Waals surface area contributed by atoms with E-state index in [4.69, 9.17) is 11.5 Å². The van der Waals surface area contributed by atoms with E-state index < -0.39 is 296 Å². The van der Waals surface area contributed by atoms with Crippen molar-refractivity contribution in [2.24, 2.45) is 17.4 Å². The minimum absolute atomic E-state index is 0.105. The van der Waals surface area contributed by atoms with Gasteiger partial charge >= 0.3 is 17.9 Å². The molecule has 0 radical (unpaired) electrons. The van der Waals surface area contributed by atoms with Crippen molar-refractivity contribution >= 4 is 130 Å². The highest BCUT2D eigenvalue weighted by atomic mass is 32.2. The van der Waals surface area contributed by atoms with Crippen molar-refractivity contribution in [1.29, 1.82) is 0 Å². The molecule has 0 saturated carbocycles. The molecule has 2 saturated heterocycles. The van der Waals surface area contributed by atoms with Crippen LogP contribution >= 0.6 is 11.8 Å². The predicted molar refractivity (Wildman–Crippen MR) is 483 cm³/mol. The van der Waals surface area contributed by atoms with Gasteiger partial charge in [0.2, 0.25) is 82.7 Å². The van der Waals surface area contributed by atoms with Gasteiger partial charge in [-0.05, 0) is 89.8 Å². The second-order valence-electron chi connectivity index (χ2n) is 33.8. The van der Waals surface area contributed by atoms with E-state index >= 15 is 32.8 Å². The minimum atomic E-state index is -1.97. The Kier molecular flexibility index (Phi) is 40.3. The molecule has 40 nitrogen and oxygen atoms in total. The van der Waals surface area contributed by atoms with Gasteiger partial charge in [0.1, 0.15) is 78.5 Å². The van der Waals surface area contributed by atoms with Gasteiger partial charge < -0.3 is 119 Å². The maximum atomic E-state index is 15.6. The molecule has 15 atom stereocenters. The summed E-state index contributed by atoms with van der Waals surface area (Å²) in [7, 11) is 3.69. The minimum Gasteiger partial charge on any atom is -0.508 e. The number of hydrogen-bond donors (Lipinski definition) is 17. The summed E-state index contributed by atoms with van der Waals surface area (Å²) >= 11 is 0.548. The number of aliphatic carboxylic acids is 3. The van der Waals surface area contributed by atoms with Crippen LogP contribution in [0.1, 0.15) is 113 Å². The predicted octanol–water partition coefficient (Wildman–Crippen LogP) is -0.486. The highest BCUT2D eigenvalue weighted by molar-refractivity contribution is 8.00. The number of hydrogen-bond acceptors (Lipinski definition) is 23. The number of para-hydroxylation sites is 1. The molecule has 14 amide bonds. The Morgan fingerprint density at radius 2 is 1.04 bits per heavy atom. The monoisotopic (exact) mass is 1920 g/mol. The van der Waals surface area contributed by atoms with E-state index in [2.05, 4.69) is 47.5 Å². The van der Waals surface area contributed by atoms with Crippen LogP contribution in [0.15, 0.2) is 128 Å². The average Bonchev–Trinajstić information content (AvgIpc) is 1.47. The van der Waals surface area contributed by atoms with Gasteiger partial charge in [-0.2, -0.15) is 0 Å². The number of likely N-dealkylation sites (N-methyl/N-ethyl adjacent to an activating group) is 3. The number of aliphatic hydroxyl groups excluding tert-OH is 2. The van der Waals surface area contributed by atoms with Gasteiger partial charge in [-0.3, -0.25) is 81.5 Å². The molecule has 0 spiro atoms. The normalized spacial score (nSPS) is 17.0. The fraction of sp³-hybridized carbons (Fsp3) is 0.457. The Morgan fingerprint density at radius 3 is 1.61 bits per heavy atom. The van der Waals surface area contributed by atoms with Crippen molar-refractivity contribution in [1.82, 2.24) is 72.0 Å². The number of H-pyrrole nitrogens is 1. The van der Waals surface area contributed by atoms with Crippen LogP contribution < -0.4 is 54.0 Å². The zero-order valence-electron chi connectivity index (χ0n) is 75.5. The molecule has 8 rings (SSSR count). The van der Waals surface area contributed by atoms with Crippen LogP contribution in [-0.2, 0) is 118 Å². The standard InChI is InChI=1S/C92H115F3N16O24S/c1-7-8-23-70(91(134)111-45-58(115)40-72(111)87(130)104-67(41-78(122)123)85(128)106-80(49(2)3)92(135)107(4)55(46-112)32-50-17-11-9-12-18-50)108(5)90(133)73(37-51-19-13-10-14-20-51)109(6)89(132)68(36-53-33-60(93)79(95)61(94)34-53)100-75(117)48-136-47-69(81(124)99-43-74(97)116)105-82(125)64(29-31-77(120)121)101-83(126)65(35-52-24-26-56(113)27-25-52)102-84(127)66(38-54-42-98-63-22-16-15-21-59(54)63)103-86(129)71-39-57(114)44-110(71)88(131)62(96)28-30-76(118)119/h9-22,24-27,33-34,42,46,49,55,57-58,62,64-73,80,98,113-115H,7-8,23,28-32,35-41,43-45,47-48,96H2,1-6H3,(H2,97,116)(H,99,124)(H,100,117)(H,101,126)(H,102,127)(H,103,129)(H,104,130)(H,105,125)(H,106,128)(H,118,119)(H,120,121)(H,122,123)/t55-,57+,58+,62-,64-,65-,66-,67-,68-,69-,70-,71+,72+,73-,80-/m0/s1. The number of benzene rings is 5. The van der Waals surface area contributed by atoms with Crippen molar-refractivity contribution in [2.75, 3.05) is 52.3 Å². The number of rotatable bonds is 51. The second-order valence-corrected chi connectivity index (χ2v) is 34.9. The molecule has 5 aromatic carbocycles. The van der Waals surface area contributed by atoms with Crippen LogP contribution in [0.25, 0.3) is 10.9 Å². The average molecular weight is 1920 g/mol. The number of likely N-dealkylation sites (tertiary alicyclic amines) is 2. The zero-order valence-corrected chi connectivity index (χ0v) is 76.4. The van der Waals surface area contributed by atoms with Crippen molar-refractivity contribution < 1.29 is 130 Å². The van der Waals surface area contributed by atoms with Crippen LogP contribution in [0, 0.1) is 23.4 Å². The molecular formula is C92H115F3N16O24S. The van der Waals surface area contributed by atoms with Crippen LogP contribution in [-0.4, -0.2) is 310 Å². The number of unbranched alkanes of at least 4 members (excludes halogenated alkanes) is 1. The van der Waals surface area contributed by atoms with E-state index in [1.54, 1.807) is 112 Å². The Labute approximate surface area is 784 Å². The SMILES string of the molecule is CCCC[C@@H](C(=O)N1C[C@H](O)C[C@@H]1C(=O)N[C@@H](CC(=O)O)C(=O)N[C@H](C(=O)N(C)[C@H](C=O)Cc1ccccc1)C(C)C)N(C)C(=O)[C@H](Cc1ccccc1)N(C)C(=O)[C@H](Cc1cc(F)c(F)c(F)c1)NC(=O)CSC[C@H](NC(=O)[C@H](CCC(=O)O)NC(=O)[C@H](Cc1ccc(O)cc1)NC(=O)[C@H](Cc1c[nH]c2ccccc12)NC(=O)[C@H]1C[C@@H](O)CN1C(=O)[C@@H](N)CCC(=O)O)C(=O)NCC(N)=O. The molecule has 2 aliphatic heterocycles. The van der Waals surface area contributed by atoms with Crippen molar-refractivity contribution in [3.05, 3.63) is 173 Å². The lowest BCUT2D eigenvalue weighted by Gasteiger charge is -2.38. The fourth-order valence-corrected chi connectivity index (χ4v) is 16.7. The van der Waals surface area contributed by atoms with Gasteiger partial charge in [0.05, 0.1) is 43.0 Å². The summed E-state index contributed by atoms with van der Waals surface area (Å²) in [5, 5.41) is 81.8. The van der Waals surface area contributed by atoms with Crippen LogP contribution in [0.4, 0.5) is 13.2 Å². The number of halogens is 3. The number of phenols is 1. The summed E-state index contributed by atoms with van der Waals surface area (Å²) in [6, 6.07) is 8.49. The fourth-order valence-electron chi connectivity index (χ4n) is 15.8. The topological polar surface area (TPSA) is 609 Å². The molecule has 0 bridgehead atoms. The van der Waals surface area contributed by atoms with E-state index in [0.29, 0.717) is 64.2 Å². The number of nitrogens with zero attached hydrogens (tertiary/aromatic N) is 5. The zero-order chi connectivity index (χ0) is 100. The summed E-state index contributed by atoms with van der Waals surface area (Å²) < 4.78 is 45.1. The lowest BCUT2D eigenvalue weighted by Crippen LogP contribution is -2.61. The van der Waals surface area contributed by atoms with E-state index in [1.165, 1.54) is 38.4 Å². The first-order valence-corrected chi connectivity index (χ1v) is 45.1. The number of aromatic hydroxyl groups is 1. The van der Waals surface area contributed by atoms with E-state index in [0.717, 1.165) is 31.5 Å². The van der Waals surface area contributed by atoms with Gasteiger partial charge in [-0.1, -0.05) is 125 Å². The number of thioether (sulfide) groups is 1. The van der Waals surface area contributed by atoms with Crippen molar-refractivity contribution in [3.63, 3.8) is 0 Å². The highest BCUT2D eigenvalue weighted by Gasteiger charge is 2.48. The van der Waals surface area contributed by atoms with Gasteiger partial charge in [0.25, 0.3) is 0 Å². The first-order chi connectivity index (χ1) is 64.5. The summed E-state index contributed by atoms with van der Waals surface area (Å²) in [5.74, 6) is -27.0. The van der Waals surface area contributed by atoms with Gasteiger partial charge in [0, 0.05) is 108 Å². The number of carbonyl (C=O) groups excluding carboxylic acids is 15. The van der Waals surface area contributed by atoms with Crippen molar-refractivity contribution in [2.45, 2.75) is 208 Å². The number of β-amino-alcohol motifs (C(OH)–C–C–N with tert-alkyl or cyclic N) is 2. The molecule has 2 aliphatic rings. The first-order valence-electron chi connectivity index (χ1n) is 43.9. The second kappa shape index (κ2) is 51.0. The lowest BCUT2D eigenvalue weighted by molar-refractivity contribution is -0.152. The molecule has 1 aromatic heterocycles. The maximum absolute atomic E-state index is 15.6. The van der Waals surface area contributed by atoms with E-state index in [-0.39, 0.29) is 56.3 Å². The summed E-state index contributed by atoms with van der Waals surface area (Å²) in [4.78, 5) is 260. The molecule has 734 valence electrons.